The Balaban J connectivity index is 1.92. The molecule has 94 valence electrons. The van der Waals surface area contributed by atoms with Crippen molar-refractivity contribution >= 4 is 5.78 Å². The molecule has 0 saturated heterocycles. The molecular formula is C14H13N5. The van der Waals surface area contributed by atoms with Crippen molar-refractivity contribution in [2.75, 3.05) is 6.54 Å². The third kappa shape index (κ3) is 1.70. The number of nitrogens with zero attached hydrogens (tertiary/aromatic N) is 4. The van der Waals surface area contributed by atoms with Gasteiger partial charge in [0.05, 0.1) is 5.69 Å². The quantitative estimate of drug-likeness (QED) is 0.711. The predicted molar refractivity (Wildman–Crippen MR) is 71.6 cm³/mol. The highest BCUT2D eigenvalue weighted by molar-refractivity contribution is 5.56. The van der Waals surface area contributed by atoms with Crippen molar-refractivity contribution in [3.8, 4) is 11.4 Å². The van der Waals surface area contributed by atoms with Crippen molar-refractivity contribution in [1.29, 1.82) is 0 Å². The van der Waals surface area contributed by atoms with Crippen LogP contribution in [0, 0.1) is 0 Å². The number of rotatable bonds is 1. The lowest BCUT2D eigenvalue weighted by Gasteiger charge is -2.16. The second kappa shape index (κ2) is 4.13. The molecule has 0 bridgehead atoms. The molecular weight excluding hydrogens is 238 g/mol. The molecule has 0 fully saturated rings. The summed E-state index contributed by atoms with van der Waals surface area (Å²) in [5, 5.41) is 7.95. The lowest BCUT2D eigenvalue weighted by molar-refractivity contribution is 0.610. The van der Waals surface area contributed by atoms with Crippen molar-refractivity contribution in [3.05, 3.63) is 47.8 Å². The molecule has 5 heteroatoms. The van der Waals surface area contributed by atoms with Gasteiger partial charge in [-0.05, 0) is 0 Å². The summed E-state index contributed by atoms with van der Waals surface area (Å²) in [6, 6.07) is 10.0. The first kappa shape index (κ1) is 10.6. The van der Waals surface area contributed by atoms with Crippen LogP contribution in [0.4, 0.5) is 0 Å². The van der Waals surface area contributed by atoms with E-state index in [2.05, 4.69) is 20.4 Å². The van der Waals surface area contributed by atoms with Gasteiger partial charge in [0.1, 0.15) is 0 Å². The van der Waals surface area contributed by atoms with E-state index in [0.29, 0.717) is 5.78 Å². The SMILES string of the molecule is c1ccc(-c2nc3ncc4c(n3n2)CCNC4)cc1. The van der Waals surface area contributed by atoms with Crippen molar-refractivity contribution in [3.63, 3.8) is 0 Å². The minimum absolute atomic E-state index is 0.680. The largest absolute Gasteiger partial charge is 0.312 e. The number of benzene rings is 1. The Morgan fingerprint density at radius 2 is 2.05 bits per heavy atom. The predicted octanol–water partition coefficient (Wildman–Crippen LogP) is 1.44. The number of aromatic nitrogens is 4. The standard InChI is InChI=1S/C14H13N5/c1-2-4-10(5-3-1)13-17-14-16-9-11-8-15-7-6-12(11)19(14)18-13/h1-5,9,15H,6-8H2. The minimum Gasteiger partial charge on any atom is -0.312 e. The van der Waals surface area contributed by atoms with Crippen molar-refractivity contribution in [2.45, 2.75) is 13.0 Å². The fraction of sp³-hybridized carbons (Fsp3) is 0.214. The van der Waals surface area contributed by atoms with Gasteiger partial charge in [-0.2, -0.15) is 4.98 Å². The fourth-order valence-corrected chi connectivity index (χ4v) is 2.47. The Morgan fingerprint density at radius 3 is 2.95 bits per heavy atom. The highest BCUT2D eigenvalue weighted by Crippen LogP contribution is 2.18. The molecule has 0 aliphatic carbocycles. The van der Waals surface area contributed by atoms with Gasteiger partial charge in [0.25, 0.3) is 5.78 Å². The minimum atomic E-state index is 0.680. The summed E-state index contributed by atoms with van der Waals surface area (Å²) >= 11 is 0. The second-order valence-electron chi connectivity index (χ2n) is 4.67. The molecule has 2 aromatic heterocycles. The van der Waals surface area contributed by atoms with Crippen LogP contribution < -0.4 is 5.32 Å². The molecule has 1 aliphatic heterocycles. The average molecular weight is 251 g/mol. The first-order chi connectivity index (χ1) is 9.42. The molecule has 4 rings (SSSR count). The number of hydrogen-bond donors (Lipinski definition) is 1. The Bertz CT molecular complexity index is 732. The molecule has 1 N–H and O–H groups in total. The van der Waals surface area contributed by atoms with Gasteiger partial charge < -0.3 is 5.32 Å². The normalized spacial score (nSPS) is 14.5. The zero-order chi connectivity index (χ0) is 12.7. The first-order valence-corrected chi connectivity index (χ1v) is 6.41. The van der Waals surface area contributed by atoms with Crippen LogP contribution in [0.2, 0.25) is 0 Å². The summed E-state index contributed by atoms with van der Waals surface area (Å²) in [6.45, 7) is 1.84. The van der Waals surface area contributed by atoms with Crippen LogP contribution in [0.3, 0.4) is 0 Å². The topological polar surface area (TPSA) is 55.1 Å². The number of fused-ring (bicyclic) bond motifs is 3. The van der Waals surface area contributed by atoms with E-state index in [4.69, 9.17) is 0 Å². The summed E-state index contributed by atoms with van der Waals surface area (Å²) in [5.74, 6) is 1.42. The van der Waals surface area contributed by atoms with E-state index in [-0.39, 0.29) is 0 Å². The number of nitrogens with one attached hydrogen (secondary N) is 1. The van der Waals surface area contributed by atoms with E-state index in [1.165, 1.54) is 11.3 Å². The molecule has 3 aromatic rings. The van der Waals surface area contributed by atoms with E-state index < -0.39 is 0 Å². The third-order valence-corrected chi connectivity index (χ3v) is 3.44. The molecule has 19 heavy (non-hydrogen) atoms. The molecule has 0 amide bonds. The van der Waals surface area contributed by atoms with Crippen LogP contribution in [0.5, 0.6) is 0 Å². The zero-order valence-electron chi connectivity index (χ0n) is 10.4. The zero-order valence-corrected chi connectivity index (χ0v) is 10.4. The molecule has 5 nitrogen and oxygen atoms in total. The van der Waals surface area contributed by atoms with Gasteiger partial charge in [0.2, 0.25) is 0 Å². The van der Waals surface area contributed by atoms with Gasteiger partial charge >= 0.3 is 0 Å². The Morgan fingerprint density at radius 1 is 1.16 bits per heavy atom. The third-order valence-electron chi connectivity index (χ3n) is 3.44. The van der Waals surface area contributed by atoms with Gasteiger partial charge in [-0.25, -0.2) is 9.50 Å². The molecule has 1 aromatic carbocycles. The number of hydrogen-bond acceptors (Lipinski definition) is 4. The average Bonchev–Trinajstić information content (AvgIpc) is 2.93. The van der Waals surface area contributed by atoms with Crippen LogP contribution in [-0.2, 0) is 13.0 Å². The van der Waals surface area contributed by atoms with E-state index in [1.54, 1.807) is 0 Å². The van der Waals surface area contributed by atoms with E-state index in [9.17, 15) is 0 Å². The second-order valence-corrected chi connectivity index (χ2v) is 4.67. The van der Waals surface area contributed by atoms with Crippen LogP contribution >= 0.6 is 0 Å². The van der Waals surface area contributed by atoms with Crippen LogP contribution in [0.1, 0.15) is 11.3 Å². The summed E-state index contributed by atoms with van der Waals surface area (Å²) in [4.78, 5) is 8.90. The van der Waals surface area contributed by atoms with Gasteiger partial charge in [0.15, 0.2) is 5.82 Å². The van der Waals surface area contributed by atoms with E-state index in [0.717, 1.165) is 30.9 Å². The molecule has 0 atom stereocenters. The maximum Gasteiger partial charge on any atom is 0.252 e. The van der Waals surface area contributed by atoms with Crippen molar-refractivity contribution < 1.29 is 0 Å². The van der Waals surface area contributed by atoms with E-state index in [1.807, 2.05) is 41.0 Å². The maximum absolute atomic E-state index is 4.61. The summed E-state index contributed by atoms with van der Waals surface area (Å²) in [6.07, 6.45) is 2.87. The van der Waals surface area contributed by atoms with E-state index >= 15 is 0 Å². The maximum atomic E-state index is 4.61. The molecule has 0 unspecified atom stereocenters. The summed E-state index contributed by atoms with van der Waals surface area (Å²) < 4.78 is 1.89. The first-order valence-electron chi connectivity index (χ1n) is 6.41. The lowest BCUT2D eigenvalue weighted by atomic mass is 10.1. The Labute approximate surface area is 110 Å². The van der Waals surface area contributed by atoms with Crippen LogP contribution in [-0.4, -0.2) is 26.1 Å². The molecule has 1 aliphatic rings. The molecule has 3 heterocycles. The van der Waals surface area contributed by atoms with Gasteiger partial charge in [-0.15, -0.1) is 5.10 Å². The van der Waals surface area contributed by atoms with Crippen molar-refractivity contribution in [2.24, 2.45) is 0 Å². The fourth-order valence-electron chi connectivity index (χ4n) is 2.47. The van der Waals surface area contributed by atoms with Gasteiger partial charge in [0, 0.05) is 36.8 Å². The molecule has 0 radical (unpaired) electrons. The Hall–Kier alpha value is -2.27. The van der Waals surface area contributed by atoms with Crippen molar-refractivity contribution in [1.82, 2.24) is 24.9 Å². The monoisotopic (exact) mass is 251 g/mol. The van der Waals surface area contributed by atoms with Gasteiger partial charge in [-0.1, -0.05) is 30.3 Å². The molecule has 0 spiro atoms. The van der Waals surface area contributed by atoms with Crippen LogP contribution in [0.25, 0.3) is 17.2 Å². The smallest absolute Gasteiger partial charge is 0.252 e. The molecule has 0 saturated carbocycles. The summed E-state index contributed by atoms with van der Waals surface area (Å²) in [7, 11) is 0. The summed E-state index contributed by atoms with van der Waals surface area (Å²) in [5.41, 5.74) is 3.46. The van der Waals surface area contributed by atoms with Crippen LogP contribution in [0.15, 0.2) is 36.5 Å². The highest BCUT2D eigenvalue weighted by atomic mass is 15.3. The van der Waals surface area contributed by atoms with Gasteiger partial charge in [-0.3, -0.25) is 0 Å². The lowest BCUT2D eigenvalue weighted by Crippen LogP contribution is -2.26. The highest BCUT2D eigenvalue weighted by Gasteiger charge is 2.16. The Kier molecular flexibility index (Phi) is 2.31.